The highest BCUT2D eigenvalue weighted by atomic mass is 16.5. The standard InChI is InChI=1S/C11H21NO2/c1-12-10(6-5-8-13-2)11-7-3-4-9-14-11/h7,10,12H,3-6,8-9H2,1-2H3. The van der Waals surface area contributed by atoms with Gasteiger partial charge in [-0.05, 0) is 38.8 Å². The van der Waals surface area contributed by atoms with Crippen LogP contribution in [0.3, 0.4) is 0 Å². The second kappa shape index (κ2) is 6.85. The molecule has 1 N–H and O–H groups in total. The highest BCUT2D eigenvalue weighted by Crippen LogP contribution is 2.16. The zero-order valence-corrected chi connectivity index (χ0v) is 9.21. The van der Waals surface area contributed by atoms with Crippen molar-refractivity contribution in [1.29, 1.82) is 0 Å². The van der Waals surface area contributed by atoms with E-state index >= 15 is 0 Å². The van der Waals surface area contributed by atoms with Crippen LogP contribution in [0.2, 0.25) is 0 Å². The predicted octanol–water partition coefficient (Wildman–Crippen LogP) is 1.70. The van der Waals surface area contributed by atoms with Gasteiger partial charge in [-0.25, -0.2) is 0 Å². The number of allylic oxidation sites excluding steroid dienone is 1. The maximum Gasteiger partial charge on any atom is 0.109 e. The van der Waals surface area contributed by atoms with Gasteiger partial charge in [0.2, 0.25) is 0 Å². The summed E-state index contributed by atoms with van der Waals surface area (Å²) in [6.07, 6.45) is 6.66. The lowest BCUT2D eigenvalue weighted by atomic mass is 10.1. The van der Waals surface area contributed by atoms with Crippen molar-refractivity contribution in [3.63, 3.8) is 0 Å². The number of rotatable bonds is 6. The molecule has 3 heteroatoms. The van der Waals surface area contributed by atoms with Crippen LogP contribution in [0.5, 0.6) is 0 Å². The summed E-state index contributed by atoms with van der Waals surface area (Å²) in [4.78, 5) is 0. The summed E-state index contributed by atoms with van der Waals surface area (Å²) in [6, 6.07) is 0.366. The van der Waals surface area contributed by atoms with Gasteiger partial charge in [-0.15, -0.1) is 0 Å². The minimum Gasteiger partial charge on any atom is -0.497 e. The lowest BCUT2D eigenvalue weighted by Crippen LogP contribution is -2.30. The molecule has 0 aromatic heterocycles. The van der Waals surface area contributed by atoms with Crippen LogP contribution in [0.15, 0.2) is 11.8 Å². The zero-order valence-electron chi connectivity index (χ0n) is 9.21. The molecule has 1 unspecified atom stereocenters. The fraction of sp³-hybridized carbons (Fsp3) is 0.818. The summed E-state index contributed by atoms with van der Waals surface area (Å²) >= 11 is 0. The van der Waals surface area contributed by atoms with Crippen LogP contribution in [-0.2, 0) is 9.47 Å². The Labute approximate surface area is 86.5 Å². The predicted molar refractivity (Wildman–Crippen MR) is 57.2 cm³/mol. The summed E-state index contributed by atoms with van der Waals surface area (Å²) in [5.41, 5.74) is 0. The van der Waals surface area contributed by atoms with Crippen LogP contribution in [0, 0.1) is 0 Å². The minimum absolute atomic E-state index is 0.366. The lowest BCUT2D eigenvalue weighted by molar-refractivity contribution is 0.156. The number of ether oxygens (including phenoxy) is 2. The fourth-order valence-electron chi connectivity index (χ4n) is 1.68. The largest absolute Gasteiger partial charge is 0.497 e. The number of nitrogens with one attached hydrogen (secondary N) is 1. The van der Waals surface area contributed by atoms with Crippen molar-refractivity contribution in [2.24, 2.45) is 0 Å². The number of methoxy groups -OCH3 is 1. The van der Waals surface area contributed by atoms with E-state index in [4.69, 9.17) is 9.47 Å². The molecule has 0 radical (unpaired) electrons. The fourth-order valence-corrected chi connectivity index (χ4v) is 1.68. The molecular formula is C11H21NO2. The monoisotopic (exact) mass is 199 g/mol. The second-order valence-corrected chi connectivity index (χ2v) is 3.57. The maximum absolute atomic E-state index is 5.62. The molecule has 0 aromatic rings. The van der Waals surface area contributed by atoms with E-state index in [9.17, 15) is 0 Å². The Kier molecular flexibility index (Phi) is 5.64. The molecule has 0 fully saturated rings. The average Bonchev–Trinajstić information content (AvgIpc) is 2.26. The van der Waals surface area contributed by atoms with Crippen molar-refractivity contribution >= 4 is 0 Å². The quantitative estimate of drug-likeness (QED) is 0.660. The highest BCUT2D eigenvalue weighted by molar-refractivity contribution is 5.04. The van der Waals surface area contributed by atoms with Crippen LogP contribution in [-0.4, -0.2) is 33.4 Å². The van der Waals surface area contributed by atoms with E-state index in [0.29, 0.717) is 6.04 Å². The third-order valence-electron chi connectivity index (χ3n) is 2.50. The third kappa shape index (κ3) is 3.68. The highest BCUT2D eigenvalue weighted by Gasteiger charge is 2.15. The van der Waals surface area contributed by atoms with Crippen molar-refractivity contribution in [3.8, 4) is 0 Å². The zero-order chi connectivity index (χ0) is 10.2. The van der Waals surface area contributed by atoms with Crippen LogP contribution >= 0.6 is 0 Å². The van der Waals surface area contributed by atoms with Crippen LogP contribution in [0.4, 0.5) is 0 Å². The molecule has 1 atom stereocenters. The molecule has 3 nitrogen and oxygen atoms in total. The van der Waals surface area contributed by atoms with Crippen LogP contribution in [0.1, 0.15) is 25.7 Å². The van der Waals surface area contributed by atoms with E-state index in [2.05, 4.69) is 11.4 Å². The van der Waals surface area contributed by atoms with Gasteiger partial charge in [0.05, 0.1) is 12.6 Å². The van der Waals surface area contributed by atoms with Gasteiger partial charge in [-0.2, -0.15) is 0 Å². The molecule has 0 aliphatic carbocycles. The first-order valence-electron chi connectivity index (χ1n) is 5.37. The van der Waals surface area contributed by atoms with Gasteiger partial charge in [-0.3, -0.25) is 0 Å². The van der Waals surface area contributed by atoms with E-state index < -0.39 is 0 Å². The second-order valence-electron chi connectivity index (χ2n) is 3.57. The number of likely N-dealkylation sites (N-methyl/N-ethyl adjacent to an activating group) is 1. The molecule has 1 aliphatic rings. The van der Waals surface area contributed by atoms with Crippen LogP contribution < -0.4 is 5.32 Å². The Balaban J connectivity index is 2.32. The normalized spacial score (nSPS) is 18.6. The van der Waals surface area contributed by atoms with Crippen molar-refractivity contribution < 1.29 is 9.47 Å². The van der Waals surface area contributed by atoms with E-state index in [0.717, 1.165) is 44.7 Å². The molecule has 14 heavy (non-hydrogen) atoms. The first kappa shape index (κ1) is 11.5. The van der Waals surface area contributed by atoms with Crippen molar-refractivity contribution in [2.75, 3.05) is 27.4 Å². The first-order chi connectivity index (χ1) is 6.88. The first-order valence-corrected chi connectivity index (χ1v) is 5.37. The molecule has 0 spiro atoms. The van der Waals surface area contributed by atoms with Gasteiger partial charge in [0.15, 0.2) is 0 Å². The van der Waals surface area contributed by atoms with Gasteiger partial charge in [-0.1, -0.05) is 0 Å². The minimum atomic E-state index is 0.366. The van der Waals surface area contributed by atoms with Crippen LogP contribution in [0.25, 0.3) is 0 Å². The van der Waals surface area contributed by atoms with Gasteiger partial charge >= 0.3 is 0 Å². The lowest BCUT2D eigenvalue weighted by Gasteiger charge is -2.23. The Morgan fingerprint density at radius 1 is 1.64 bits per heavy atom. The number of hydrogen-bond acceptors (Lipinski definition) is 3. The Morgan fingerprint density at radius 3 is 3.07 bits per heavy atom. The molecule has 1 heterocycles. The topological polar surface area (TPSA) is 30.5 Å². The summed E-state index contributed by atoms with van der Waals surface area (Å²) in [7, 11) is 3.72. The summed E-state index contributed by atoms with van der Waals surface area (Å²) in [5, 5.41) is 3.28. The van der Waals surface area contributed by atoms with Gasteiger partial charge in [0, 0.05) is 13.7 Å². The van der Waals surface area contributed by atoms with E-state index in [1.165, 1.54) is 0 Å². The van der Waals surface area contributed by atoms with Crippen molar-refractivity contribution in [3.05, 3.63) is 11.8 Å². The van der Waals surface area contributed by atoms with E-state index in [-0.39, 0.29) is 0 Å². The Bertz CT molecular complexity index is 180. The van der Waals surface area contributed by atoms with Gasteiger partial charge < -0.3 is 14.8 Å². The van der Waals surface area contributed by atoms with Gasteiger partial charge in [0.25, 0.3) is 0 Å². The SMILES string of the molecule is CNC(CCCOC)C1=CCCCO1. The number of hydrogen-bond donors (Lipinski definition) is 1. The smallest absolute Gasteiger partial charge is 0.109 e. The summed E-state index contributed by atoms with van der Waals surface area (Å²) in [6.45, 7) is 1.69. The summed E-state index contributed by atoms with van der Waals surface area (Å²) in [5.74, 6) is 1.12. The summed E-state index contributed by atoms with van der Waals surface area (Å²) < 4.78 is 10.7. The van der Waals surface area contributed by atoms with Gasteiger partial charge in [0.1, 0.15) is 5.76 Å². The molecule has 1 aliphatic heterocycles. The molecular weight excluding hydrogens is 178 g/mol. The van der Waals surface area contributed by atoms with E-state index in [1.54, 1.807) is 7.11 Å². The Morgan fingerprint density at radius 2 is 2.50 bits per heavy atom. The molecule has 0 saturated heterocycles. The van der Waals surface area contributed by atoms with E-state index in [1.807, 2.05) is 7.05 Å². The van der Waals surface area contributed by atoms with Crippen molar-refractivity contribution in [2.45, 2.75) is 31.7 Å². The molecule has 0 bridgehead atoms. The molecule has 0 saturated carbocycles. The molecule has 82 valence electrons. The van der Waals surface area contributed by atoms with Crippen molar-refractivity contribution in [1.82, 2.24) is 5.32 Å². The molecule has 0 aromatic carbocycles. The Hall–Kier alpha value is -0.540. The average molecular weight is 199 g/mol. The third-order valence-corrected chi connectivity index (χ3v) is 2.50. The maximum atomic E-state index is 5.62. The molecule has 0 amide bonds. The molecule has 1 rings (SSSR count).